The van der Waals surface area contributed by atoms with Crippen molar-refractivity contribution in [2.75, 3.05) is 11.9 Å². The van der Waals surface area contributed by atoms with Crippen LogP contribution in [-0.2, 0) is 0 Å². The van der Waals surface area contributed by atoms with Gasteiger partial charge in [0.05, 0.1) is 16.7 Å². The molecule has 0 saturated heterocycles. The first-order chi connectivity index (χ1) is 10.3. The van der Waals surface area contributed by atoms with Crippen LogP contribution in [0.1, 0.15) is 13.3 Å². The molecule has 0 saturated carbocycles. The Morgan fingerprint density at radius 3 is 2.71 bits per heavy atom. The fourth-order valence-corrected chi connectivity index (χ4v) is 2.50. The number of fused-ring (bicyclic) bond motifs is 3. The predicted molar refractivity (Wildman–Crippen MR) is 91.6 cm³/mol. The van der Waals surface area contributed by atoms with Crippen molar-refractivity contribution in [1.29, 1.82) is 0 Å². The third kappa shape index (κ3) is 2.78. The zero-order valence-electron chi connectivity index (χ0n) is 11.8. The van der Waals surface area contributed by atoms with Crippen LogP contribution >= 0.6 is 12.2 Å². The summed E-state index contributed by atoms with van der Waals surface area (Å²) in [5, 5.41) is 9.14. The number of benzene rings is 1. The second-order valence-electron chi connectivity index (χ2n) is 4.78. The van der Waals surface area contributed by atoms with E-state index in [9.17, 15) is 0 Å². The van der Waals surface area contributed by atoms with Gasteiger partial charge in [0.25, 0.3) is 0 Å². The molecule has 0 atom stereocenters. The zero-order valence-corrected chi connectivity index (χ0v) is 12.6. The highest BCUT2D eigenvalue weighted by atomic mass is 32.1. The minimum absolute atomic E-state index is 0.630. The van der Waals surface area contributed by atoms with Crippen LogP contribution in [0.5, 0.6) is 0 Å². The molecule has 5 heteroatoms. The molecule has 2 N–H and O–H groups in total. The molecular formula is C16H16N4S. The second-order valence-corrected chi connectivity index (χ2v) is 5.19. The van der Waals surface area contributed by atoms with Crippen LogP contribution in [0.4, 0.5) is 5.69 Å². The maximum atomic E-state index is 5.33. The van der Waals surface area contributed by atoms with E-state index in [-0.39, 0.29) is 0 Å². The summed E-state index contributed by atoms with van der Waals surface area (Å²) in [5.74, 6) is 0. The number of nitrogens with one attached hydrogen (secondary N) is 2. The quantitative estimate of drug-likeness (QED) is 0.572. The Kier molecular flexibility index (Phi) is 3.92. The Balaban J connectivity index is 2.10. The van der Waals surface area contributed by atoms with Crippen molar-refractivity contribution in [2.24, 2.45) is 0 Å². The van der Waals surface area contributed by atoms with Gasteiger partial charge in [-0.25, -0.2) is 0 Å². The van der Waals surface area contributed by atoms with Crippen LogP contribution in [0.2, 0.25) is 0 Å². The van der Waals surface area contributed by atoms with Gasteiger partial charge < -0.3 is 10.6 Å². The molecule has 3 aromatic rings. The van der Waals surface area contributed by atoms with Gasteiger partial charge in [0.1, 0.15) is 0 Å². The summed E-state index contributed by atoms with van der Waals surface area (Å²) < 4.78 is 0. The second kappa shape index (κ2) is 6.01. The molecular weight excluding hydrogens is 280 g/mol. The zero-order chi connectivity index (χ0) is 14.7. The number of nitrogens with zero attached hydrogens (tertiary/aromatic N) is 2. The molecule has 1 aromatic carbocycles. The summed E-state index contributed by atoms with van der Waals surface area (Å²) in [6.07, 6.45) is 4.61. The predicted octanol–water partition coefficient (Wildman–Crippen LogP) is 3.48. The number of aromatic nitrogens is 2. The highest BCUT2D eigenvalue weighted by Crippen LogP contribution is 2.29. The molecule has 2 aromatic heterocycles. The van der Waals surface area contributed by atoms with Crippen molar-refractivity contribution in [3.05, 3.63) is 42.7 Å². The summed E-state index contributed by atoms with van der Waals surface area (Å²) in [6.45, 7) is 2.97. The number of thiocarbonyl (C=S) groups is 1. The van der Waals surface area contributed by atoms with E-state index in [4.69, 9.17) is 12.2 Å². The Morgan fingerprint density at radius 2 is 1.90 bits per heavy atom. The van der Waals surface area contributed by atoms with E-state index >= 15 is 0 Å². The summed E-state index contributed by atoms with van der Waals surface area (Å²) in [7, 11) is 0. The van der Waals surface area contributed by atoms with Gasteiger partial charge in [-0.15, -0.1) is 0 Å². The SMILES string of the molecule is CCCNC(=S)Nc1cc2cccnc2c2ncccc12. The van der Waals surface area contributed by atoms with E-state index in [1.807, 2.05) is 24.3 Å². The number of pyridine rings is 2. The number of hydrogen-bond donors (Lipinski definition) is 2. The van der Waals surface area contributed by atoms with Gasteiger partial charge in [-0.3, -0.25) is 9.97 Å². The minimum atomic E-state index is 0.630. The molecule has 0 spiro atoms. The molecule has 0 aliphatic heterocycles. The number of anilines is 1. The van der Waals surface area contributed by atoms with Crippen molar-refractivity contribution in [2.45, 2.75) is 13.3 Å². The summed E-state index contributed by atoms with van der Waals surface area (Å²) >= 11 is 5.33. The lowest BCUT2D eigenvalue weighted by Gasteiger charge is -2.13. The maximum Gasteiger partial charge on any atom is 0.170 e. The smallest absolute Gasteiger partial charge is 0.170 e. The Morgan fingerprint density at radius 1 is 1.14 bits per heavy atom. The van der Waals surface area contributed by atoms with E-state index in [1.54, 1.807) is 12.4 Å². The molecule has 106 valence electrons. The van der Waals surface area contributed by atoms with Crippen molar-refractivity contribution >= 4 is 44.8 Å². The molecule has 0 aliphatic carbocycles. The van der Waals surface area contributed by atoms with Gasteiger partial charge in [-0.2, -0.15) is 0 Å². The monoisotopic (exact) mass is 296 g/mol. The number of hydrogen-bond acceptors (Lipinski definition) is 3. The lowest BCUT2D eigenvalue weighted by Crippen LogP contribution is -2.29. The topological polar surface area (TPSA) is 49.8 Å². The van der Waals surface area contributed by atoms with E-state index in [0.29, 0.717) is 5.11 Å². The fraction of sp³-hybridized carbons (Fsp3) is 0.188. The molecule has 4 nitrogen and oxygen atoms in total. The normalized spacial score (nSPS) is 10.7. The van der Waals surface area contributed by atoms with Crippen LogP contribution in [0.25, 0.3) is 21.8 Å². The molecule has 0 bridgehead atoms. The van der Waals surface area contributed by atoms with Gasteiger partial charge in [0.2, 0.25) is 0 Å². The van der Waals surface area contributed by atoms with Crippen molar-refractivity contribution in [1.82, 2.24) is 15.3 Å². The van der Waals surface area contributed by atoms with Gasteiger partial charge >= 0.3 is 0 Å². The summed E-state index contributed by atoms with van der Waals surface area (Å²) in [6, 6.07) is 9.97. The first kappa shape index (κ1) is 13.7. The van der Waals surface area contributed by atoms with Crippen LogP contribution in [0.3, 0.4) is 0 Å². The lowest BCUT2D eigenvalue weighted by molar-refractivity contribution is 0.847. The lowest BCUT2D eigenvalue weighted by atomic mass is 10.1. The average molecular weight is 296 g/mol. The van der Waals surface area contributed by atoms with E-state index < -0.39 is 0 Å². The van der Waals surface area contributed by atoms with Crippen LogP contribution in [0.15, 0.2) is 42.7 Å². The van der Waals surface area contributed by atoms with E-state index in [2.05, 4.69) is 33.6 Å². The standard InChI is InChI=1S/C16H16N4S/c1-2-7-19-16(21)20-13-10-11-5-3-8-17-14(11)15-12(13)6-4-9-18-15/h3-6,8-10H,2,7H2,1H3,(H2,19,20,21). The van der Waals surface area contributed by atoms with Gasteiger partial charge in [0, 0.05) is 29.7 Å². The van der Waals surface area contributed by atoms with Crippen molar-refractivity contribution < 1.29 is 0 Å². The first-order valence-electron chi connectivity index (χ1n) is 6.97. The first-order valence-corrected chi connectivity index (χ1v) is 7.37. The van der Waals surface area contributed by atoms with Crippen LogP contribution in [0, 0.1) is 0 Å². The highest BCUT2D eigenvalue weighted by Gasteiger charge is 2.09. The molecule has 2 heterocycles. The summed E-state index contributed by atoms with van der Waals surface area (Å²) in [5.41, 5.74) is 2.75. The molecule has 0 aliphatic rings. The Labute approximate surface area is 128 Å². The van der Waals surface area contributed by atoms with E-state index in [0.717, 1.165) is 40.5 Å². The Hall–Kier alpha value is -2.27. The summed E-state index contributed by atoms with van der Waals surface area (Å²) in [4.78, 5) is 8.91. The van der Waals surface area contributed by atoms with Crippen molar-refractivity contribution in [3.8, 4) is 0 Å². The van der Waals surface area contributed by atoms with Crippen molar-refractivity contribution in [3.63, 3.8) is 0 Å². The fourth-order valence-electron chi connectivity index (χ4n) is 2.29. The van der Waals surface area contributed by atoms with Crippen LogP contribution in [-0.4, -0.2) is 21.6 Å². The molecule has 3 rings (SSSR count). The van der Waals surface area contributed by atoms with E-state index in [1.165, 1.54) is 0 Å². The minimum Gasteiger partial charge on any atom is -0.362 e. The molecule has 0 radical (unpaired) electrons. The van der Waals surface area contributed by atoms with Crippen LogP contribution < -0.4 is 10.6 Å². The third-order valence-corrected chi connectivity index (χ3v) is 3.49. The van der Waals surface area contributed by atoms with Gasteiger partial charge in [-0.1, -0.05) is 13.0 Å². The molecule has 0 unspecified atom stereocenters. The average Bonchev–Trinajstić information content (AvgIpc) is 2.53. The molecule has 21 heavy (non-hydrogen) atoms. The molecule has 0 fully saturated rings. The number of rotatable bonds is 3. The molecule has 0 amide bonds. The largest absolute Gasteiger partial charge is 0.362 e. The van der Waals surface area contributed by atoms with Gasteiger partial charge in [0.15, 0.2) is 5.11 Å². The highest BCUT2D eigenvalue weighted by molar-refractivity contribution is 7.80. The Bertz CT molecular complexity index is 800. The van der Waals surface area contributed by atoms with Gasteiger partial charge in [-0.05, 0) is 42.9 Å². The maximum absolute atomic E-state index is 5.33. The third-order valence-electron chi connectivity index (χ3n) is 3.24.